The lowest BCUT2D eigenvalue weighted by Crippen LogP contribution is -2.58. The molecular weight excluding hydrogens is 286 g/mol. The van der Waals surface area contributed by atoms with Crippen LogP contribution in [0.5, 0.6) is 0 Å². The summed E-state index contributed by atoms with van der Waals surface area (Å²) in [4.78, 5) is 13.4. The average Bonchev–Trinajstić information content (AvgIpc) is 2.99. The van der Waals surface area contributed by atoms with E-state index >= 15 is 0 Å². The van der Waals surface area contributed by atoms with Crippen LogP contribution in [0.1, 0.15) is 17.5 Å². The molecule has 2 aromatic heterocycles. The normalized spacial score (nSPS) is 19.5. The first-order valence-electron chi connectivity index (χ1n) is 7.99. The highest BCUT2D eigenvalue weighted by atomic mass is 15.3. The summed E-state index contributed by atoms with van der Waals surface area (Å²) in [6, 6.07) is 10.1. The average molecular weight is 305 g/mol. The van der Waals surface area contributed by atoms with Gasteiger partial charge in [-0.3, -0.25) is 9.88 Å². The number of anilines is 1. The number of rotatable bonds is 3. The van der Waals surface area contributed by atoms with Crippen molar-refractivity contribution in [3.05, 3.63) is 54.0 Å². The van der Waals surface area contributed by atoms with Crippen molar-refractivity contribution in [3.8, 4) is 6.07 Å². The van der Waals surface area contributed by atoms with E-state index in [0.29, 0.717) is 11.0 Å². The van der Waals surface area contributed by atoms with Crippen LogP contribution < -0.4 is 4.90 Å². The van der Waals surface area contributed by atoms with E-state index in [1.165, 1.54) is 12.0 Å². The van der Waals surface area contributed by atoms with Gasteiger partial charge in [-0.1, -0.05) is 6.07 Å². The fourth-order valence-corrected chi connectivity index (χ4v) is 3.74. The third kappa shape index (κ3) is 2.78. The molecule has 0 atom stereocenters. The number of nitriles is 1. The van der Waals surface area contributed by atoms with Crippen LogP contribution in [0.2, 0.25) is 0 Å². The van der Waals surface area contributed by atoms with Gasteiger partial charge < -0.3 is 4.90 Å². The van der Waals surface area contributed by atoms with Crippen LogP contribution in [-0.4, -0.2) is 41.0 Å². The molecule has 5 heteroatoms. The third-order valence-corrected chi connectivity index (χ3v) is 4.90. The highest BCUT2D eigenvalue weighted by Crippen LogP contribution is 2.41. The van der Waals surface area contributed by atoms with Crippen LogP contribution in [0, 0.1) is 16.7 Å². The van der Waals surface area contributed by atoms with E-state index in [0.717, 1.165) is 38.5 Å². The minimum Gasteiger partial charge on any atom is -0.355 e. The molecule has 0 amide bonds. The van der Waals surface area contributed by atoms with Gasteiger partial charge in [0.2, 0.25) is 0 Å². The van der Waals surface area contributed by atoms with Crippen LogP contribution in [0.15, 0.2) is 42.9 Å². The SMILES string of the molecule is N#Cc1ccc(N2CC3(CCN(Cc4cccnc4)C3)C2)nc1. The Hall–Kier alpha value is -2.45. The standard InChI is InChI=1S/C18H19N5/c19-8-15-3-4-17(21-10-15)23-13-18(14-23)5-7-22(12-18)11-16-2-1-6-20-9-16/h1-4,6,9-10H,5,7,11-14H2. The molecule has 0 unspecified atom stereocenters. The first kappa shape index (κ1) is 14.2. The zero-order valence-corrected chi connectivity index (χ0v) is 13.0. The number of pyridine rings is 2. The molecule has 0 bridgehead atoms. The quantitative estimate of drug-likeness (QED) is 0.869. The Morgan fingerprint density at radius 3 is 2.78 bits per heavy atom. The smallest absolute Gasteiger partial charge is 0.128 e. The van der Waals surface area contributed by atoms with Crippen LogP contribution in [0.3, 0.4) is 0 Å². The van der Waals surface area contributed by atoms with Gasteiger partial charge in [-0.25, -0.2) is 4.98 Å². The summed E-state index contributed by atoms with van der Waals surface area (Å²) in [5, 5.41) is 8.84. The lowest BCUT2D eigenvalue weighted by atomic mass is 9.79. The summed E-state index contributed by atoms with van der Waals surface area (Å²) < 4.78 is 0. The molecule has 2 fully saturated rings. The summed E-state index contributed by atoms with van der Waals surface area (Å²) >= 11 is 0. The highest BCUT2D eigenvalue weighted by molar-refractivity contribution is 5.45. The van der Waals surface area contributed by atoms with Gasteiger partial charge in [0, 0.05) is 50.2 Å². The van der Waals surface area contributed by atoms with Crippen molar-refractivity contribution in [2.45, 2.75) is 13.0 Å². The minimum absolute atomic E-state index is 0.414. The molecule has 116 valence electrons. The molecule has 2 aromatic rings. The molecule has 4 rings (SSSR count). The van der Waals surface area contributed by atoms with E-state index in [1.54, 1.807) is 6.20 Å². The molecule has 2 aliphatic heterocycles. The number of hydrogen-bond acceptors (Lipinski definition) is 5. The third-order valence-electron chi connectivity index (χ3n) is 4.90. The van der Waals surface area contributed by atoms with Crippen LogP contribution >= 0.6 is 0 Å². The minimum atomic E-state index is 0.414. The predicted octanol–water partition coefficient (Wildman–Crippen LogP) is 2.06. The maximum Gasteiger partial charge on any atom is 0.128 e. The van der Waals surface area contributed by atoms with E-state index in [1.807, 2.05) is 30.6 Å². The largest absolute Gasteiger partial charge is 0.355 e. The van der Waals surface area contributed by atoms with Gasteiger partial charge in [-0.15, -0.1) is 0 Å². The molecule has 0 radical (unpaired) electrons. The van der Waals surface area contributed by atoms with Crippen molar-refractivity contribution in [3.63, 3.8) is 0 Å². The Kier molecular flexibility index (Phi) is 3.47. The second-order valence-corrected chi connectivity index (χ2v) is 6.69. The van der Waals surface area contributed by atoms with Crippen LogP contribution in [0.25, 0.3) is 0 Å². The van der Waals surface area contributed by atoms with Crippen molar-refractivity contribution in [1.82, 2.24) is 14.9 Å². The Balaban J connectivity index is 1.35. The second kappa shape index (κ2) is 5.64. The van der Waals surface area contributed by atoms with E-state index in [2.05, 4.69) is 31.9 Å². The van der Waals surface area contributed by atoms with Gasteiger partial charge in [0.15, 0.2) is 0 Å². The molecule has 1 spiro atoms. The second-order valence-electron chi connectivity index (χ2n) is 6.69. The summed E-state index contributed by atoms with van der Waals surface area (Å²) in [6.07, 6.45) is 6.69. The molecule has 23 heavy (non-hydrogen) atoms. The molecule has 5 nitrogen and oxygen atoms in total. The Bertz CT molecular complexity index is 713. The first-order valence-corrected chi connectivity index (χ1v) is 7.99. The summed E-state index contributed by atoms with van der Waals surface area (Å²) in [7, 11) is 0. The molecule has 0 aliphatic carbocycles. The molecule has 2 aliphatic rings. The number of hydrogen-bond donors (Lipinski definition) is 0. The van der Waals surface area contributed by atoms with Crippen molar-refractivity contribution in [2.75, 3.05) is 31.1 Å². The van der Waals surface area contributed by atoms with Gasteiger partial charge in [-0.05, 0) is 36.7 Å². The monoisotopic (exact) mass is 305 g/mol. The predicted molar refractivity (Wildman–Crippen MR) is 87.7 cm³/mol. The number of aromatic nitrogens is 2. The van der Waals surface area contributed by atoms with Gasteiger partial charge >= 0.3 is 0 Å². The molecule has 0 aromatic carbocycles. The summed E-state index contributed by atoms with van der Waals surface area (Å²) in [5.41, 5.74) is 2.32. The van der Waals surface area contributed by atoms with E-state index in [4.69, 9.17) is 5.26 Å². The highest BCUT2D eigenvalue weighted by Gasteiger charge is 2.47. The van der Waals surface area contributed by atoms with Gasteiger partial charge in [0.1, 0.15) is 11.9 Å². The Morgan fingerprint density at radius 2 is 2.09 bits per heavy atom. The van der Waals surface area contributed by atoms with Gasteiger partial charge in [0.25, 0.3) is 0 Å². The van der Waals surface area contributed by atoms with E-state index < -0.39 is 0 Å². The molecule has 2 saturated heterocycles. The van der Waals surface area contributed by atoms with Crippen molar-refractivity contribution >= 4 is 5.82 Å². The van der Waals surface area contributed by atoms with Gasteiger partial charge in [-0.2, -0.15) is 5.26 Å². The van der Waals surface area contributed by atoms with Crippen molar-refractivity contribution in [2.24, 2.45) is 5.41 Å². The topological polar surface area (TPSA) is 56.1 Å². The number of likely N-dealkylation sites (tertiary alicyclic amines) is 1. The summed E-state index contributed by atoms with van der Waals surface area (Å²) in [6.45, 7) is 5.42. The zero-order chi connectivity index (χ0) is 15.7. The fraction of sp³-hybridized carbons (Fsp3) is 0.389. The zero-order valence-electron chi connectivity index (χ0n) is 13.0. The molecule has 0 N–H and O–H groups in total. The van der Waals surface area contributed by atoms with Crippen molar-refractivity contribution in [1.29, 1.82) is 5.26 Å². The Labute approximate surface area is 136 Å². The van der Waals surface area contributed by atoms with Gasteiger partial charge in [0.05, 0.1) is 5.56 Å². The maximum absolute atomic E-state index is 8.84. The maximum atomic E-state index is 8.84. The molecule has 0 saturated carbocycles. The molecule has 4 heterocycles. The lowest BCUT2D eigenvalue weighted by Gasteiger charge is -2.48. The van der Waals surface area contributed by atoms with Crippen LogP contribution in [-0.2, 0) is 6.54 Å². The number of nitrogens with zero attached hydrogens (tertiary/aromatic N) is 5. The summed E-state index contributed by atoms with van der Waals surface area (Å²) in [5.74, 6) is 0.986. The van der Waals surface area contributed by atoms with E-state index in [-0.39, 0.29) is 0 Å². The Morgan fingerprint density at radius 1 is 1.17 bits per heavy atom. The lowest BCUT2D eigenvalue weighted by molar-refractivity contribution is 0.201. The van der Waals surface area contributed by atoms with Crippen LogP contribution in [0.4, 0.5) is 5.82 Å². The van der Waals surface area contributed by atoms with Crippen molar-refractivity contribution < 1.29 is 0 Å². The molecular formula is C18H19N5. The van der Waals surface area contributed by atoms with E-state index in [9.17, 15) is 0 Å². The fourth-order valence-electron chi connectivity index (χ4n) is 3.74. The first-order chi connectivity index (χ1) is 11.3.